The van der Waals surface area contributed by atoms with Gasteiger partial charge in [-0.05, 0) is 51.1 Å². The van der Waals surface area contributed by atoms with Crippen molar-refractivity contribution in [2.24, 2.45) is 0 Å². The van der Waals surface area contributed by atoms with Crippen LogP contribution in [0.4, 0.5) is 5.69 Å². The Balaban J connectivity index is 2.11. The Kier molecular flexibility index (Phi) is 5.07. The number of anilines is 1. The van der Waals surface area contributed by atoms with Crippen LogP contribution in [-0.2, 0) is 6.54 Å². The predicted molar refractivity (Wildman–Crippen MR) is 88.4 cm³/mol. The molecule has 0 saturated carbocycles. The molecule has 0 heterocycles. The summed E-state index contributed by atoms with van der Waals surface area (Å²) in [5.74, 6) is 0.933. The van der Waals surface area contributed by atoms with E-state index >= 15 is 0 Å². The van der Waals surface area contributed by atoms with Crippen molar-refractivity contribution in [2.75, 3.05) is 5.32 Å². The molecule has 106 valence electrons. The largest absolute Gasteiger partial charge is 0.491 e. The third-order valence-electron chi connectivity index (χ3n) is 2.92. The van der Waals surface area contributed by atoms with E-state index in [-0.39, 0.29) is 6.10 Å². The van der Waals surface area contributed by atoms with Crippen molar-refractivity contribution in [1.29, 1.82) is 0 Å². The quantitative estimate of drug-likeness (QED) is 0.816. The van der Waals surface area contributed by atoms with Gasteiger partial charge in [0.05, 0.1) is 6.10 Å². The fourth-order valence-electron chi connectivity index (χ4n) is 1.92. The first kappa shape index (κ1) is 14.9. The van der Waals surface area contributed by atoms with Crippen LogP contribution in [0.5, 0.6) is 5.75 Å². The number of hydrogen-bond donors (Lipinski definition) is 1. The molecule has 0 bridgehead atoms. The molecule has 0 unspecified atom stereocenters. The number of hydrogen-bond acceptors (Lipinski definition) is 2. The highest BCUT2D eigenvalue weighted by atomic mass is 79.9. The summed E-state index contributed by atoms with van der Waals surface area (Å²) in [5, 5.41) is 3.43. The van der Waals surface area contributed by atoms with Crippen molar-refractivity contribution in [2.45, 2.75) is 33.4 Å². The zero-order chi connectivity index (χ0) is 14.5. The Labute approximate surface area is 129 Å². The van der Waals surface area contributed by atoms with E-state index in [0.29, 0.717) is 0 Å². The molecule has 0 spiro atoms. The summed E-state index contributed by atoms with van der Waals surface area (Å²) in [4.78, 5) is 0. The minimum atomic E-state index is 0.175. The molecule has 0 amide bonds. The SMILES string of the molecule is Cc1ccc(NCc2cc(Br)ccc2OC(C)C)cc1. The van der Waals surface area contributed by atoms with Gasteiger partial charge in [0.2, 0.25) is 0 Å². The van der Waals surface area contributed by atoms with Gasteiger partial charge in [-0.2, -0.15) is 0 Å². The van der Waals surface area contributed by atoms with E-state index < -0.39 is 0 Å². The number of benzene rings is 2. The molecule has 0 atom stereocenters. The molecule has 2 aromatic carbocycles. The maximum absolute atomic E-state index is 5.85. The van der Waals surface area contributed by atoms with Crippen LogP contribution < -0.4 is 10.1 Å². The maximum Gasteiger partial charge on any atom is 0.124 e. The molecule has 0 aliphatic carbocycles. The zero-order valence-corrected chi connectivity index (χ0v) is 13.7. The van der Waals surface area contributed by atoms with Crippen LogP contribution in [0.1, 0.15) is 25.0 Å². The standard InChI is InChI=1S/C17H20BrNO/c1-12(2)20-17-9-6-15(18)10-14(17)11-19-16-7-4-13(3)5-8-16/h4-10,12,19H,11H2,1-3H3. The van der Waals surface area contributed by atoms with Crippen molar-refractivity contribution >= 4 is 21.6 Å². The van der Waals surface area contributed by atoms with E-state index in [9.17, 15) is 0 Å². The molecule has 0 aromatic heterocycles. The molecule has 1 N–H and O–H groups in total. The molecule has 3 heteroatoms. The fraction of sp³-hybridized carbons (Fsp3) is 0.294. The first-order valence-corrected chi connectivity index (χ1v) is 7.59. The Morgan fingerprint density at radius 3 is 2.45 bits per heavy atom. The highest BCUT2D eigenvalue weighted by molar-refractivity contribution is 9.10. The second-order valence-corrected chi connectivity index (χ2v) is 6.05. The smallest absolute Gasteiger partial charge is 0.124 e. The van der Waals surface area contributed by atoms with E-state index in [1.54, 1.807) is 0 Å². The monoisotopic (exact) mass is 333 g/mol. The minimum Gasteiger partial charge on any atom is -0.491 e. The maximum atomic E-state index is 5.85. The third kappa shape index (κ3) is 4.27. The zero-order valence-electron chi connectivity index (χ0n) is 12.1. The first-order valence-electron chi connectivity index (χ1n) is 6.80. The lowest BCUT2D eigenvalue weighted by Crippen LogP contribution is -2.09. The average molecular weight is 334 g/mol. The summed E-state index contributed by atoms with van der Waals surface area (Å²) in [6, 6.07) is 14.5. The van der Waals surface area contributed by atoms with Crippen LogP contribution in [0.25, 0.3) is 0 Å². The lowest BCUT2D eigenvalue weighted by atomic mass is 10.2. The van der Waals surface area contributed by atoms with Gasteiger partial charge >= 0.3 is 0 Å². The van der Waals surface area contributed by atoms with E-state index in [1.165, 1.54) is 5.56 Å². The van der Waals surface area contributed by atoms with Gasteiger partial charge in [0.15, 0.2) is 0 Å². The Bertz CT molecular complexity index is 564. The Hall–Kier alpha value is -1.48. The van der Waals surface area contributed by atoms with Crippen molar-refractivity contribution < 1.29 is 4.74 Å². The van der Waals surface area contributed by atoms with Crippen LogP contribution >= 0.6 is 15.9 Å². The molecule has 0 saturated heterocycles. The van der Waals surface area contributed by atoms with Crippen LogP contribution in [-0.4, -0.2) is 6.10 Å². The molecule has 0 fully saturated rings. The van der Waals surface area contributed by atoms with Crippen LogP contribution in [0.2, 0.25) is 0 Å². The summed E-state index contributed by atoms with van der Waals surface area (Å²) in [7, 11) is 0. The van der Waals surface area contributed by atoms with Crippen LogP contribution in [0.15, 0.2) is 46.9 Å². The fourth-order valence-corrected chi connectivity index (χ4v) is 2.33. The van der Waals surface area contributed by atoms with Gasteiger partial charge < -0.3 is 10.1 Å². The Morgan fingerprint density at radius 2 is 1.80 bits per heavy atom. The van der Waals surface area contributed by atoms with Gasteiger partial charge in [0.1, 0.15) is 5.75 Å². The van der Waals surface area contributed by atoms with E-state index in [1.807, 2.05) is 26.0 Å². The van der Waals surface area contributed by atoms with Crippen molar-refractivity contribution in [3.8, 4) is 5.75 Å². The molecular formula is C17H20BrNO. The van der Waals surface area contributed by atoms with Crippen molar-refractivity contribution in [1.82, 2.24) is 0 Å². The van der Waals surface area contributed by atoms with Gasteiger partial charge in [-0.3, -0.25) is 0 Å². The van der Waals surface area contributed by atoms with Crippen molar-refractivity contribution in [3.05, 3.63) is 58.1 Å². The Morgan fingerprint density at radius 1 is 1.10 bits per heavy atom. The topological polar surface area (TPSA) is 21.3 Å². The van der Waals surface area contributed by atoms with Crippen molar-refractivity contribution in [3.63, 3.8) is 0 Å². The molecular weight excluding hydrogens is 314 g/mol. The van der Waals surface area contributed by atoms with Gasteiger partial charge in [0, 0.05) is 22.3 Å². The average Bonchev–Trinajstić information content (AvgIpc) is 2.40. The minimum absolute atomic E-state index is 0.175. The van der Waals surface area contributed by atoms with Gasteiger partial charge in [-0.15, -0.1) is 0 Å². The summed E-state index contributed by atoms with van der Waals surface area (Å²) < 4.78 is 6.91. The lowest BCUT2D eigenvalue weighted by Gasteiger charge is -2.15. The van der Waals surface area contributed by atoms with Gasteiger partial charge in [-0.1, -0.05) is 33.6 Å². The molecule has 0 aliphatic heterocycles. The molecule has 0 aliphatic rings. The van der Waals surface area contributed by atoms with Crippen LogP contribution in [0, 0.1) is 6.92 Å². The lowest BCUT2D eigenvalue weighted by molar-refractivity contribution is 0.240. The number of halogens is 1. The highest BCUT2D eigenvalue weighted by Gasteiger charge is 2.06. The van der Waals surface area contributed by atoms with Gasteiger partial charge in [-0.25, -0.2) is 0 Å². The summed E-state index contributed by atoms with van der Waals surface area (Å²) >= 11 is 3.51. The summed E-state index contributed by atoms with van der Waals surface area (Å²) in [5.41, 5.74) is 3.53. The molecule has 2 rings (SSSR count). The normalized spacial score (nSPS) is 10.7. The number of rotatable bonds is 5. The number of aryl methyl sites for hydroxylation is 1. The van der Waals surface area contributed by atoms with E-state index in [0.717, 1.165) is 28.0 Å². The summed E-state index contributed by atoms with van der Waals surface area (Å²) in [6.07, 6.45) is 0.175. The molecule has 20 heavy (non-hydrogen) atoms. The van der Waals surface area contributed by atoms with Crippen LogP contribution in [0.3, 0.4) is 0 Å². The third-order valence-corrected chi connectivity index (χ3v) is 3.41. The molecule has 0 radical (unpaired) electrons. The first-order chi connectivity index (χ1) is 9.54. The second-order valence-electron chi connectivity index (χ2n) is 5.14. The summed E-state index contributed by atoms with van der Waals surface area (Å²) in [6.45, 7) is 6.91. The van der Waals surface area contributed by atoms with Gasteiger partial charge in [0.25, 0.3) is 0 Å². The number of nitrogens with one attached hydrogen (secondary N) is 1. The highest BCUT2D eigenvalue weighted by Crippen LogP contribution is 2.25. The molecule has 2 nitrogen and oxygen atoms in total. The molecule has 2 aromatic rings. The predicted octanol–water partition coefficient (Wildman–Crippen LogP) is 5.16. The number of ether oxygens (including phenoxy) is 1. The van der Waals surface area contributed by atoms with E-state index in [4.69, 9.17) is 4.74 Å². The van der Waals surface area contributed by atoms with E-state index in [2.05, 4.69) is 58.5 Å². The second kappa shape index (κ2) is 6.80.